The van der Waals surface area contributed by atoms with E-state index in [-0.39, 0.29) is 29.5 Å². The predicted molar refractivity (Wildman–Crippen MR) is 139 cm³/mol. The second-order valence-electron chi connectivity index (χ2n) is 7.95. The normalized spacial score (nSPS) is 25.9. The SMILES string of the molecule is CN=C(NCC1(N2CCOCC2)CCSC1)N1CCN(c2ccccc2Cl)CC1.I. The van der Waals surface area contributed by atoms with E-state index in [2.05, 4.69) is 48.9 Å². The van der Waals surface area contributed by atoms with E-state index in [1.807, 2.05) is 19.2 Å². The fourth-order valence-electron chi connectivity index (χ4n) is 4.58. The molecular formula is C21H33ClIN5OS. The predicted octanol–water partition coefficient (Wildman–Crippen LogP) is 2.86. The number of rotatable bonds is 4. The molecule has 0 aliphatic carbocycles. The molecule has 1 unspecified atom stereocenters. The zero-order valence-corrected chi connectivity index (χ0v) is 21.6. The van der Waals surface area contributed by atoms with E-state index >= 15 is 0 Å². The molecule has 0 saturated carbocycles. The van der Waals surface area contributed by atoms with E-state index in [0.717, 1.165) is 75.7 Å². The Kier molecular flexibility index (Phi) is 9.24. The average Bonchev–Trinajstić information content (AvgIpc) is 3.26. The summed E-state index contributed by atoms with van der Waals surface area (Å²) in [5.74, 6) is 3.46. The molecule has 0 spiro atoms. The van der Waals surface area contributed by atoms with Gasteiger partial charge in [-0.3, -0.25) is 9.89 Å². The van der Waals surface area contributed by atoms with Gasteiger partial charge >= 0.3 is 0 Å². The van der Waals surface area contributed by atoms with E-state index in [9.17, 15) is 0 Å². The highest BCUT2D eigenvalue weighted by molar-refractivity contribution is 14.0. The first-order valence-corrected chi connectivity index (χ1v) is 12.1. The first-order valence-electron chi connectivity index (χ1n) is 10.6. The van der Waals surface area contributed by atoms with Crippen molar-refractivity contribution in [1.82, 2.24) is 15.1 Å². The Morgan fingerprint density at radius 2 is 1.90 bits per heavy atom. The molecule has 6 nitrogen and oxygen atoms in total. The van der Waals surface area contributed by atoms with Gasteiger partial charge < -0.3 is 19.9 Å². The highest BCUT2D eigenvalue weighted by Crippen LogP contribution is 2.33. The van der Waals surface area contributed by atoms with Crippen LogP contribution in [0.1, 0.15) is 6.42 Å². The van der Waals surface area contributed by atoms with Crippen LogP contribution in [0.15, 0.2) is 29.3 Å². The fourth-order valence-corrected chi connectivity index (χ4v) is 6.31. The lowest BCUT2D eigenvalue weighted by Crippen LogP contribution is -2.61. The molecular weight excluding hydrogens is 533 g/mol. The van der Waals surface area contributed by atoms with Crippen molar-refractivity contribution in [2.24, 2.45) is 4.99 Å². The lowest BCUT2D eigenvalue weighted by Gasteiger charge is -2.44. The van der Waals surface area contributed by atoms with Crippen molar-refractivity contribution in [2.75, 3.05) is 82.5 Å². The summed E-state index contributed by atoms with van der Waals surface area (Å²) in [6, 6.07) is 8.11. The number of morpholine rings is 1. The number of thioether (sulfide) groups is 1. The van der Waals surface area contributed by atoms with Gasteiger partial charge in [-0.05, 0) is 24.3 Å². The van der Waals surface area contributed by atoms with E-state index in [4.69, 9.17) is 16.3 Å². The molecule has 3 aliphatic heterocycles. The van der Waals surface area contributed by atoms with E-state index in [1.54, 1.807) is 0 Å². The number of guanidine groups is 1. The second-order valence-corrected chi connectivity index (χ2v) is 9.46. The third-order valence-electron chi connectivity index (χ3n) is 6.32. The van der Waals surface area contributed by atoms with Crippen LogP contribution in [0.5, 0.6) is 0 Å². The molecule has 0 amide bonds. The topological polar surface area (TPSA) is 43.3 Å². The van der Waals surface area contributed by atoms with Gasteiger partial charge in [-0.25, -0.2) is 0 Å². The molecule has 3 aliphatic rings. The number of piperazine rings is 1. The Balaban J connectivity index is 0.00000256. The van der Waals surface area contributed by atoms with Crippen LogP contribution in [0, 0.1) is 0 Å². The molecule has 0 aromatic heterocycles. The van der Waals surface area contributed by atoms with Crippen molar-refractivity contribution < 1.29 is 4.74 Å². The van der Waals surface area contributed by atoms with Crippen LogP contribution in [0.3, 0.4) is 0 Å². The van der Waals surface area contributed by atoms with E-state index < -0.39 is 0 Å². The number of hydrogen-bond donors (Lipinski definition) is 1. The maximum Gasteiger partial charge on any atom is 0.193 e. The second kappa shape index (κ2) is 11.4. The summed E-state index contributed by atoms with van der Waals surface area (Å²) in [5.41, 5.74) is 1.36. The highest BCUT2D eigenvalue weighted by atomic mass is 127. The van der Waals surface area contributed by atoms with Crippen molar-refractivity contribution in [2.45, 2.75) is 12.0 Å². The molecule has 0 radical (unpaired) electrons. The number of ether oxygens (including phenoxy) is 1. The summed E-state index contributed by atoms with van der Waals surface area (Å²) in [6.45, 7) is 8.54. The van der Waals surface area contributed by atoms with Gasteiger partial charge in [-0.1, -0.05) is 23.7 Å². The number of halogens is 2. The number of anilines is 1. The maximum atomic E-state index is 6.39. The van der Waals surface area contributed by atoms with E-state index in [0.29, 0.717) is 0 Å². The minimum Gasteiger partial charge on any atom is -0.379 e. The molecule has 1 atom stereocenters. The molecule has 1 N–H and O–H groups in total. The van der Waals surface area contributed by atoms with E-state index in [1.165, 1.54) is 17.9 Å². The molecule has 1 aromatic carbocycles. The highest BCUT2D eigenvalue weighted by Gasteiger charge is 2.41. The molecule has 30 heavy (non-hydrogen) atoms. The van der Waals surface area contributed by atoms with Gasteiger partial charge in [0.1, 0.15) is 0 Å². The fraction of sp³-hybridized carbons (Fsp3) is 0.667. The lowest BCUT2D eigenvalue weighted by molar-refractivity contribution is -0.0121. The number of benzene rings is 1. The average molecular weight is 566 g/mol. The first-order chi connectivity index (χ1) is 14.2. The molecule has 1 aromatic rings. The van der Waals surface area contributed by atoms with Crippen LogP contribution < -0.4 is 10.2 Å². The molecule has 3 fully saturated rings. The molecule has 0 bridgehead atoms. The third kappa shape index (κ3) is 5.49. The van der Waals surface area contributed by atoms with Crippen LogP contribution in [0.2, 0.25) is 5.02 Å². The Morgan fingerprint density at radius 1 is 1.17 bits per heavy atom. The summed E-state index contributed by atoms with van der Waals surface area (Å²) in [7, 11) is 1.90. The first kappa shape index (κ1) is 24.2. The van der Waals surface area contributed by atoms with Gasteiger partial charge in [-0.15, -0.1) is 24.0 Å². The quantitative estimate of drug-likeness (QED) is 0.344. The molecule has 168 valence electrons. The summed E-state index contributed by atoms with van der Waals surface area (Å²) in [4.78, 5) is 12.0. The molecule has 3 saturated heterocycles. The largest absolute Gasteiger partial charge is 0.379 e. The minimum atomic E-state index is 0. The molecule has 4 rings (SSSR count). The van der Waals surface area contributed by atoms with Crippen LogP contribution >= 0.6 is 47.3 Å². The zero-order chi connectivity index (χ0) is 20.1. The summed E-state index contributed by atoms with van der Waals surface area (Å²) >= 11 is 8.46. The molecule has 9 heteroatoms. The number of hydrogen-bond acceptors (Lipinski definition) is 5. The zero-order valence-electron chi connectivity index (χ0n) is 17.7. The van der Waals surface area contributed by atoms with Gasteiger partial charge in [0.25, 0.3) is 0 Å². The number of para-hydroxylation sites is 1. The van der Waals surface area contributed by atoms with Gasteiger partial charge in [0.2, 0.25) is 0 Å². The Morgan fingerprint density at radius 3 is 2.53 bits per heavy atom. The van der Waals surface area contributed by atoms with Crippen LogP contribution in [0.25, 0.3) is 0 Å². The standard InChI is InChI=1S/C21H32ClN5OS.HI/c1-23-20(24-16-21(6-15-29-17-21)27-11-13-28-14-12-27)26-9-7-25(8-10-26)19-5-3-2-4-18(19)22;/h2-5H,6-17H2,1H3,(H,23,24);1H. The van der Waals surface area contributed by atoms with Crippen molar-refractivity contribution in [1.29, 1.82) is 0 Å². The third-order valence-corrected chi connectivity index (χ3v) is 7.88. The van der Waals surface area contributed by atoms with Crippen molar-refractivity contribution in [3.8, 4) is 0 Å². The van der Waals surface area contributed by atoms with Gasteiger partial charge in [0.15, 0.2) is 5.96 Å². The Labute approximate surface area is 206 Å². The smallest absolute Gasteiger partial charge is 0.193 e. The maximum absolute atomic E-state index is 6.39. The minimum absolute atomic E-state index is 0. The van der Waals surface area contributed by atoms with Crippen molar-refractivity contribution in [3.63, 3.8) is 0 Å². The number of aliphatic imine (C=N–C) groups is 1. The monoisotopic (exact) mass is 565 g/mol. The molecule has 3 heterocycles. The van der Waals surface area contributed by atoms with Crippen molar-refractivity contribution >= 4 is 59.0 Å². The number of nitrogens with zero attached hydrogens (tertiary/aromatic N) is 4. The summed E-state index contributed by atoms with van der Waals surface area (Å²) < 4.78 is 5.59. The number of nitrogens with one attached hydrogen (secondary N) is 1. The summed E-state index contributed by atoms with van der Waals surface area (Å²) in [5, 5.41) is 4.55. The van der Waals surface area contributed by atoms with Crippen LogP contribution in [-0.4, -0.2) is 98.9 Å². The Bertz CT molecular complexity index is 704. The Hall–Kier alpha value is -0.420. The van der Waals surface area contributed by atoms with Gasteiger partial charge in [0, 0.05) is 64.2 Å². The summed E-state index contributed by atoms with van der Waals surface area (Å²) in [6.07, 6.45) is 1.24. The lowest BCUT2D eigenvalue weighted by atomic mass is 9.95. The van der Waals surface area contributed by atoms with Gasteiger partial charge in [-0.2, -0.15) is 11.8 Å². The van der Waals surface area contributed by atoms with Crippen LogP contribution in [0.4, 0.5) is 5.69 Å². The van der Waals surface area contributed by atoms with Gasteiger partial charge in [0.05, 0.1) is 23.9 Å². The van der Waals surface area contributed by atoms with Crippen LogP contribution in [-0.2, 0) is 4.74 Å². The van der Waals surface area contributed by atoms with Crippen molar-refractivity contribution in [3.05, 3.63) is 29.3 Å².